The molecule has 1 aromatic carbocycles. The Labute approximate surface area is 171 Å². The Bertz CT molecular complexity index is 743. The summed E-state index contributed by atoms with van der Waals surface area (Å²) in [6.07, 6.45) is 7.79. The lowest BCUT2D eigenvalue weighted by Crippen LogP contribution is -2.56. The maximum Gasteiger partial charge on any atom is 0.342 e. The molecule has 5 nitrogen and oxygen atoms in total. The van der Waals surface area contributed by atoms with E-state index in [1.165, 1.54) is 51.7 Å². The van der Waals surface area contributed by atoms with Crippen LogP contribution in [0.3, 0.4) is 0 Å². The van der Waals surface area contributed by atoms with Crippen molar-refractivity contribution in [3.8, 4) is 5.75 Å². The highest BCUT2D eigenvalue weighted by Gasteiger charge is 2.53. The smallest absolute Gasteiger partial charge is 0.342 e. The number of benzene rings is 1. The van der Waals surface area contributed by atoms with Gasteiger partial charge in [0.25, 0.3) is 5.91 Å². The van der Waals surface area contributed by atoms with E-state index in [9.17, 15) is 9.59 Å². The quantitative estimate of drug-likeness (QED) is 0.719. The summed E-state index contributed by atoms with van der Waals surface area (Å²) >= 11 is 5.96. The van der Waals surface area contributed by atoms with Crippen LogP contribution in [-0.2, 0) is 9.53 Å². The third-order valence-corrected chi connectivity index (χ3v) is 7.33. The van der Waals surface area contributed by atoms with Crippen LogP contribution >= 0.6 is 11.6 Å². The zero-order chi connectivity index (χ0) is 19.9. The molecule has 4 aliphatic rings. The summed E-state index contributed by atoms with van der Waals surface area (Å²) in [5.41, 5.74) is 0.446. The van der Waals surface area contributed by atoms with Crippen LogP contribution in [0.2, 0.25) is 5.02 Å². The van der Waals surface area contributed by atoms with E-state index in [2.05, 4.69) is 12.2 Å². The van der Waals surface area contributed by atoms with Gasteiger partial charge in [0.1, 0.15) is 11.3 Å². The molecule has 1 atom stereocenters. The molecule has 1 aromatic rings. The van der Waals surface area contributed by atoms with Crippen molar-refractivity contribution in [2.45, 2.75) is 51.5 Å². The van der Waals surface area contributed by atoms with E-state index in [0.29, 0.717) is 10.8 Å². The summed E-state index contributed by atoms with van der Waals surface area (Å²) in [4.78, 5) is 24.8. The molecule has 28 heavy (non-hydrogen) atoms. The first-order valence-corrected chi connectivity index (χ1v) is 10.6. The van der Waals surface area contributed by atoms with E-state index in [-0.39, 0.29) is 29.5 Å². The number of nitrogens with one attached hydrogen (secondary N) is 1. The van der Waals surface area contributed by atoms with Gasteiger partial charge in [-0.25, -0.2) is 4.79 Å². The fraction of sp³-hybridized carbons (Fsp3) is 0.636. The first-order valence-electron chi connectivity index (χ1n) is 10.2. The molecule has 4 fully saturated rings. The summed E-state index contributed by atoms with van der Waals surface area (Å²) in [5, 5.41) is 3.52. The van der Waals surface area contributed by atoms with Gasteiger partial charge in [-0.15, -0.1) is 0 Å². The van der Waals surface area contributed by atoms with E-state index in [0.717, 1.165) is 17.8 Å². The van der Waals surface area contributed by atoms with E-state index >= 15 is 0 Å². The third kappa shape index (κ3) is 3.73. The summed E-state index contributed by atoms with van der Waals surface area (Å²) in [6, 6.07) is 4.83. The predicted molar refractivity (Wildman–Crippen MR) is 106 cm³/mol. The van der Waals surface area contributed by atoms with Crippen molar-refractivity contribution < 1.29 is 19.1 Å². The lowest BCUT2D eigenvalue weighted by molar-refractivity contribution is -0.128. The topological polar surface area (TPSA) is 64.6 Å². The number of hydrogen-bond acceptors (Lipinski definition) is 4. The molecule has 6 heteroatoms. The molecular formula is C22H28ClNO4. The Morgan fingerprint density at radius 1 is 1.18 bits per heavy atom. The van der Waals surface area contributed by atoms with Crippen molar-refractivity contribution in [3.05, 3.63) is 28.8 Å². The lowest BCUT2D eigenvalue weighted by atomic mass is 9.48. The monoisotopic (exact) mass is 405 g/mol. The van der Waals surface area contributed by atoms with Crippen LogP contribution in [0, 0.1) is 23.2 Å². The van der Waals surface area contributed by atoms with Crippen molar-refractivity contribution in [1.82, 2.24) is 5.32 Å². The van der Waals surface area contributed by atoms with Gasteiger partial charge in [-0.1, -0.05) is 11.6 Å². The van der Waals surface area contributed by atoms with Crippen LogP contribution in [0.1, 0.15) is 55.8 Å². The van der Waals surface area contributed by atoms with Gasteiger partial charge < -0.3 is 14.8 Å². The average molecular weight is 406 g/mol. The average Bonchev–Trinajstić information content (AvgIpc) is 2.65. The molecule has 0 saturated heterocycles. The minimum absolute atomic E-state index is 0.104. The molecule has 5 rings (SSSR count). The van der Waals surface area contributed by atoms with Gasteiger partial charge in [0, 0.05) is 11.1 Å². The van der Waals surface area contributed by atoms with Crippen molar-refractivity contribution in [2.24, 2.45) is 23.2 Å². The van der Waals surface area contributed by atoms with E-state index in [1.807, 2.05) is 0 Å². The summed E-state index contributed by atoms with van der Waals surface area (Å²) in [5.74, 6) is 2.00. The molecule has 0 spiro atoms. The number of rotatable bonds is 6. The Morgan fingerprint density at radius 2 is 1.79 bits per heavy atom. The highest BCUT2D eigenvalue weighted by atomic mass is 35.5. The molecule has 152 valence electrons. The van der Waals surface area contributed by atoms with E-state index < -0.39 is 5.97 Å². The molecule has 0 aliphatic heterocycles. The van der Waals surface area contributed by atoms with Crippen molar-refractivity contribution in [1.29, 1.82) is 0 Å². The Balaban J connectivity index is 1.34. The van der Waals surface area contributed by atoms with Crippen LogP contribution in [-0.4, -0.2) is 31.6 Å². The highest BCUT2D eigenvalue weighted by Crippen LogP contribution is 2.61. The molecule has 1 N–H and O–H groups in total. The van der Waals surface area contributed by atoms with Crippen molar-refractivity contribution in [3.63, 3.8) is 0 Å². The molecule has 0 heterocycles. The fourth-order valence-electron chi connectivity index (χ4n) is 6.19. The minimum atomic E-state index is -0.614. The summed E-state index contributed by atoms with van der Waals surface area (Å²) in [7, 11) is 1.47. The first-order chi connectivity index (χ1) is 13.4. The predicted octanol–water partition coefficient (Wildman–Crippen LogP) is 4.23. The van der Waals surface area contributed by atoms with Gasteiger partial charge in [-0.05, 0) is 86.8 Å². The number of amides is 1. The molecule has 4 bridgehead atoms. The zero-order valence-electron chi connectivity index (χ0n) is 16.5. The van der Waals surface area contributed by atoms with Crippen LogP contribution in [0.15, 0.2) is 18.2 Å². The van der Waals surface area contributed by atoms with Crippen molar-refractivity contribution in [2.75, 3.05) is 13.7 Å². The summed E-state index contributed by atoms with van der Waals surface area (Å²) in [6.45, 7) is 1.82. The molecule has 1 amide bonds. The maximum absolute atomic E-state index is 12.5. The van der Waals surface area contributed by atoms with Gasteiger partial charge in [0.15, 0.2) is 6.61 Å². The number of ether oxygens (including phenoxy) is 2. The second-order valence-corrected chi connectivity index (χ2v) is 9.43. The van der Waals surface area contributed by atoms with Gasteiger partial charge >= 0.3 is 5.97 Å². The number of esters is 1. The van der Waals surface area contributed by atoms with Crippen LogP contribution in [0.4, 0.5) is 0 Å². The Kier molecular flexibility index (Phi) is 5.30. The molecule has 0 aromatic heterocycles. The normalized spacial score (nSPS) is 31.3. The molecular weight excluding hydrogens is 378 g/mol. The maximum atomic E-state index is 12.5. The van der Waals surface area contributed by atoms with Crippen LogP contribution in [0.5, 0.6) is 5.75 Å². The standard InChI is InChI=1S/C22H28ClNO4/c1-13(22-9-14-5-15(10-22)7-16(6-14)11-22)24-20(25)12-28-21(26)18-8-17(23)3-4-19(18)27-2/h3-4,8,13-16H,5-7,9-12H2,1-2H3,(H,24,25). The van der Waals surface area contributed by atoms with Gasteiger partial charge in [-0.3, -0.25) is 4.79 Å². The number of hydrogen-bond donors (Lipinski definition) is 1. The molecule has 1 unspecified atom stereocenters. The second kappa shape index (κ2) is 7.58. The lowest BCUT2D eigenvalue weighted by Gasteiger charge is -2.59. The molecule has 4 saturated carbocycles. The number of methoxy groups -OCH3 is 1. The number of carbonyl (C=O) groups is 2. The van der Waals surface area contributed by atoms with Gasteiger partial charge in [0.2, 0.25) is 0 Å². The Hall–Kier alpha value is -1.75. The zero-order valence-corrected chi connectivity index (χ0v) is 17.3. The van der Waals surface area contributed by atoms with E-state index in [4.69, 9.17) is 21.1 Å². The van der Waals surface area contributed by atoms with E-state index in [1.54, 1.807) is 12.1 Å². The fourth-order valence-corrected chi connectivity index (χ4v) is 6.36. The third-order valence-electron chi connectivity index (χ3n) is 7.10. The number of halogens is 1. The Morgan fingerprint density at radius 3 is 2.36 bits per heavy atom. The van der Waals surface area contributed by atoms with Gasteiger partial charge in [-0.2, -0.15) is 0 Å². The van der Waals surface area contributed by atoms with Crippen LogP contribution in [0.25, 0.3) is 0 Å². The largest absolute Gasteiger partial charge is 0.496 e. The SMILES string of the molecule is COc1ccc(Cl)cc1C(=O)OCC(=O)NC(C)C12CC3CC(CC(C3)C1)C2. The van der Waals surface area contributed by atoms with Gasteiger partial charge in [0.05, 0.1) is 7.11 Å². The highest BCUT2D eigenvalue weighted by molar-refractivity contribution is 6.31. The molecule has 4 aliphatic carbocycles. The molecule has 0 radical (unpaired) electrons. The number of carbonyl (C=O) groups excluding carboxylic acids is 2. The van der Waals surface area contributed by atoms with Crippen molar-refractivity contribution >= 4 is 23.5 Å². The van der Waals surface area contributed by atoms with Crippen LogP contribution < -0.4 is 10.1 Å². The minimum Gasteiger partial charge on any atom is -0.496 e. The summed E-state index contributed by atoms with van der Waals surface area (Å²) < 4.78 is 10.4. The first kappa shape index (κ1) is 19.6. The second-order valence-electron chi connectivity index (χ2n) is 8.99.